The van der Waals surface area contributed by atoms with Crippen LogP contribution in [0, 0.1) is 0 Å². The Morgan fingerprint density at radius 1 is 1.05 bits per heavy atom. The zero-order chi connectivity index (χ0) is 14.3. The van der Waals surface area contributed by atoms with Crippen LogP contribution in [0.1, 0.15) is 20.8 Å². The van der Waals surface area contributed by atoms with Crippen molar-refractivity contribution in [3.63, 3.8) is 0 Å². The van der Waals surface area contributed by atoms with Crippen molar-refractivity contribution in [2.24, 2.45) is 0 Å². The van der Waals surface area contributed by atoms with Crippen molar-refractivity contribution >= 4 is 5.95 Å². The predicted molar refractivity (Wildman–Crippen MR) is 73.8 cm³/mol. The lowest BCUT2D eigenvalue weighted by molar-refractivity contribution is 0.294. The molecular formula is C12H23N5O2. The van der Waals surface area contributed by atoms with Gasteiger partial charge in [-0.2, -0.15) is 9.97 Å². The van der Waals surface area contributed by atoms with Gasteiger partial charge in [0.25, 0.3) is 0 Å². The molecular weight excluding hydrogens is 246 g/mol. The summed E-state index contributed by atoms with van der Waals surface area (Å²) in [6.07, 6.45) is 0. The molecule has 1 aromatic rings. The molecule has 1 unspecified atom stereocenters. The standard InChI is InChI=1S/C12H23N5O2/c1-6-17(7-2)8-9(3)13-10-14-11(18-4)16-12(15-10)19-5/h9H,6-8H2,1-5H3,(H,13,14,15,16). The summed E-state index contributed by atoms with van der Waals surface area (Å²) >= 11 is 0. The molecule has 0 fully saturated rings. The number of aromatic nitrogens is 3. The third kappa shape index (κ3) is 4.86. The quantitative estimate of drug-likeness (QED) is 0.755. The van der Waals surface area contributed by atoms with E-state index >= 15 is 0 Å². The Bertz CT molecular complexity index is 362. The van der Waals surface area contributed by atoms with Gasteiger partial charge in [0.2, 0.25) is 5.95 Å². The van der Waals surface area contributed by atoms with Gasteiger partial charge in [-0.15, -0.1) is 4.98 Å². The van der Waals surface area contributed by atoms with Gasteiger partial charge in [-0.05, 0) is 20.0 Å². The highest BCUT2D eigenvalue weighted by Gasteiger charge is 2.11. The minimum Gasteiger partial charge on any atom is -0.467 e. The van der Waals surface area contributed by atoms with Crippen molar-refractivity contribution < 1.29 is 9.47 Å². The highest BCUT2D eigenvalue weighted by molar-refractivity contribution is 5.28. The fourth-order valence-electron chi connectivity index (χ4n) is 1.72. The second kappa shape index (κ2) is 7.73. The summed E-state index contributed by atoms with van der Waals surface area (Å²) in [5, 5.41) is 3.23. The predicted octanol–water partition coefficient (Wildman–Crippen LogP) is 1.03. The van der Waals surface area contributed by atoms with E-state index < -0.39 is 0 Å². The summed E-state index contributed by atoms with van der Waals surface area (Å²) in [6.45, 7) is 9.33. The van der Waals surface area contributed by atoms with Crippen molar-refractivity contribution in [1.29, 1.82) is 0 Å². The second-order valence-electron chi connectivity index (χ2n) is 4.16. The van der Waals surface area contributed by atoms with Gasteiger partial charge in [-0.3, -0.25) is 0 Å². The van der Waals surface area contributed by atoms with E-state index in [1.54, 1.807) is 0 Å². The highest BCUT2D eigenvalue weighted by atomic mass is 16.5. The van der Waals surface area contributed by atoms with Gasteiger partial charge in [0.15, 0.2) is 0 Å². The van der Waals surface area contributed by atoms with Crippen molar-refractivity contribution in [2.75, 3.05) is 39.2 Å². The monoisotopic (exact) mass is 269 g/mol. The molecule has 1 aromatic heterocycles. The molecule has 0 bridgehead atoms. The number of hydrogen-bond acceptors (Lipinski definition) is 7. The van der Waals surface area contributed by atoms with Gasteiger partial charge in [0, 0.05) is 12.6 Å². The molecule has 0 saturated carbocycles. The molecule has 0 radical (unpaired) electrons. The smallest absolute Gasteiger partial charge is 0.324 e. The molecule has 0 aliphatic rings. The molecule has 1 N–H and O–H groups in total. The van der Waals surface area contributed by atoms with Crippen LogP contribution >= 0.6 is 0 Å². The maximum atomic E-state index is 5.01. The van der Waals surface area contributed by atoms with Crippen LogP contribution in [0.15, 0.2) is 0 Å². The van der Waals surface area contributed by atoms with E-state index in [2.05, 4.69) is 45.9 Å². The summed E-state index contributed by atoms with van der Waals surface area (Å²) in [7, 11) is 3.02. The Balaban J connectivity index is 2.69. The van der Waals surface area contributed by atoms with E-state index in [4.69, 9.17) is 9.47 Å². The van der Waals surface area contributed by atoms with E-state index in [0.29, 0.717) is 5.95 Å². The molecule has 7 nitrogen and oxygen atoms in total. The first-order valence-corrected chi connectivity index (χ1v) is 6.45. The number of nitrogens with zero attached hydrogens (tertiary/aromatic N) is 4. The zero-order valence-electron chi connectivity index (χ0n) is 12.3. The number of methoxy groups -OCH3 is 2. The molecule has 0 saturated heterocycles. The van der Waals surface area contributed by atoms with Crippen molar-refractivity contribution in [3.8, 4) is 12.0 Å². The Labute approximate surface area is 114 Å². The first-order valence-electron chi connectivity index (χ1n) is 6.45. The number of ether oxygens (including phenoxy) is 2. The maximum Gasteiger partial charge on any atom is 0.324 e. The summed E-state index contributed by atoms with van der Waals surface area (Å²) in [5.74, 6) is 0.461. The van der Waals surface area contributed by atoms with Crippen molar-refractivity contribution in [1.82, 2.24) is 19.9 Å². The van der Waals surface area contributed by atoms with Gasteiger partial charge >= 0.3 is 12.0 Å². The molecule has 0 spiro atoms. The SMILES string of the molecule is CCN(CC)CC(C)Nc1nc(OC)nc(OC)n1. The van der Waals surface area contributed by atoms with E-state index in [9.17, 15) is 0 Å². The maximum absolute atomic E-state index is 5.01. The molecule has 0 aliphatic carbocycles. The van der Waals surface area contributed by atoms with Crippen LogP contribution in [-0.4, -0.2) is 59.7 Å². The van der Waals surface area contributed by atoms with E-state index in [1.165, 1.54) is 14.2 Å². The van der Waals surface area contributed by atoms with E-state index in [0.717, 1.165) is 19.6 Å². The van der Waals surface area contributed by atoms with Crippen LogP contribution in [0.5, 0.6) is 12.0 Å². The Morgan fingerprint density at radius 3 is 2.00 bits per heavy atom. The molecule has 1 rings (SSSR count). The topological polar surface area (TPSA) is 72.4 Å². The highest BCUT2D eigenvalue weighted by Crippen LogP contribution is 2.12. The number of nitrogens with one attached hydrogen (secondary N) is 1. The second-order valence-corrected chi connectivity index (χ2v) is 4.16. The Kier molecular flexibility index (Phi) is 6.27. The molecule has 19 heavy (non-hydrogen) atoms. The van der Waals surface area contributed by atoms with Gasteiger partial charge in [-0.1, -0.05) is 13.8 Å². The minimum absolute atomic E-state index is 0.219. The Morgan fingerprint density at radius 2 is 1.58 bits per heavy atom. The first kappa shape index (κ1) is 15.4. The Hall–Kier alpha value is -1.63. The number of rotatable bonds is 8. The lowest BCUT2D eigenvalue weighted by Crippen LogP contribution is -2.35. The number of hydrogen-bond donors (Lipinski definition) is 1. The molecule has 0 aromatic carbocycles. The minimum atomic E-state index is 0.219. The summed E-state index contributed by atoms with van der Waals surface area (Å²) in [6, 6.07) is 0.700. The van der Waals surface area contributed by atoms with Gasteiger partial charge in [-0.25, -0.2) is 0 Å². The van der Waals surface area contributed by atoms with Crippen molar-refractivity contribution in [3.05, 3.63) is 0 Å². The third-order valence-electron chi connectivity index (χ3n) is 2.76. The van der Waals surface area contributed by atoms with Crippen LogP contribution in [0.3, 0.4) is 0 Å². The van der Waals surface area contributed by atoms with Crippen LogP contribution in [-0.2, 0) is 0 Å². The third-order valence-corrected chi connectivity index (χ3v) is 2.76. The normalized spacial score (nSPS) is 12.3. The molecule has 1 atom stereocenters. The first-order chi connectivity index (χ1) is 9.12. The largest absolute Gasteiger partial charge is 0.467 e. The molecule has 0 amide bonds. The summed E-state index contributed by atoms with van der Waals surface area (Å²) < 4.78 is 10.0. The number of anilines is 1. The van der Waals surface area contributed by atoms with Crippen LogP contribution < -0.4 is 14.8 Å². The van der Waals surface area contributed by atoms with Crippen LogP contribution in [0.25, 0.3) is 0 Å². The average molecular weight is 269 g/mol. The summed E-state index contributed by atoms with van der Waals surface area (Å²) in [4.78, 5) is 14.6. The van der Waals surface area contributed by atoms with Crippen LogP contribution in [0.4, 0.5) is 5.95 Å². The molecule has 1 heterocycles. The van der Waals surface area contributed by atoms with Crippen molar-refractivity contribution in [2.45, 2.75) is 26.8 Å². The molecule has 108 valence electrons. The average Bonchev–Trinajstić information content (AvgIpc) is 2.44. The lowest BCUT2D eigenvalue weighted by Gasteiger charge is -2.23. The fourth-order valence-corrected chi connectivity index (χ4v) is 1.72. The lowest BCUT2D eigenvalue weighted by atomic mass is 10.3. The molecule has 0 aliphatic heterocycles. The van der Waals surface area contributed by atoms with Gasteiger partial charge in [0.1, 0.15) is 0 Å². The van der Waals surface area contributed by atoms with Crippen LogP contribution in [0.2, 0.25) is 0 Å². The van der Waals surface area contributed by atoms with Gasteiger partial charge in [0.05, 0.1) is 14.2 Å². The summed E-state index contributed by atoms with van der Waals surface area (Å²) in [5.41, 5.74) is 0. The zero-order valence-corrected chi connectivity index (χ0v) is 12.3. The fraction of sp³-hybridized carbons (Fsp3) is 0.750. The number of likely N-dealkylation sites (N-methyl/N-ethyl adjacent to an activating group) is 1. The van der Waals surface area contributed by atoms with Gasteiger partial charge < -0.3 is 19.7 Å². The van der Waals surface area contributed by atoms with E-state index in [1.807, 2.05) is 0 Å². The van der Waals surface area contributed by atoms with E-state index in [-0.39, 0.29) is 18.1 Å². The molecule has 7 heteroatoms.